The molecule has 1 aliphatic rings. The highest BCUT2D eigenvalue weighted by Gasteiger charge is 2.23. The lowest BCUT2D eigenvalue weighted by molar-refractivity contribution is 0.221. The molecule has 0 aromatic carbocycles. The normalized spacial score (nSPS) is 19.7. The summed E-state index contributed by atoms with van der Waals surface area (Å²) in [5, 5.41) is 3.42. The van der Waals surface area contributed by atoms with Gasteiger partial charge in [-0.15, -0.1) is 0 Å². The van der Waals surface area contributed by atoms with Crippen molar-refractivity contribution >= 4 is 23.7 Å². The lowest BCUT2D eigenvalue weighted by atomic mass is 9.91. The van der Waals surface area contributed by atoms with Gasteiger partial charge in [-0.1, -0.05) is 48.0 Å². The van der Waals surface area contributed by atoms with Crippen molar-refractivity contribution < 1.29 is 0 Å². The summed E-state index contributed by atoms with van der Waals surface area (Å²) in [7, 11) is 4.30. The Kier molecular flexibility index (Phi) is 14.3. The van der Waals surface area contributed by atoms with Crippen molar-refractivity contribution in [1.29, 1.82) is 0 Å². The molecule has 1 fully saturated rings. The Bertz CT molecular complexity index is 581. The maximum Gasteiger partial charge on any atom is 0.225 e. The summed E-state index contributed by atoms with van der Waals surface area (Å²) in [6.07, 6.45) is 7.71. The first-order valence-electron chi connectivity index (χ1n) is 11.7. The van der Waals surface area contributed by atoms with E-state index in [-0.39, 0.29) is 0 Å². The molecular formula is C24H48N6. The number of aromatic nitrogens is 2. The first kappa shape index (κ1) is 28.3. The Balaban J connectivity index is 0.000000795. The van der Waals surface area contributed by atoms with Crippen LogP contribution < -0.4 is 11.1 Å². The van der Waals surface area contributed by atoms with Crippen molar-refractivity contribution in [3.8, 4) is 0 Å². The van der Waals surface area contributed by atoms with Crippen LogP contribution in [0.2, 0.25) is 0 Å². The Morgan fingerprint density at radius 2 is 1.70 bits per heavy atom. The van der Waals surface area contributed by atoms with Gasteiger partial charge in [0, 0.05) is 18.3 Å². The summed E-state index contributed by atoms with van der Waals surface area (Å²) in [5.74, 6) is 2.82. The zero-order valence-corrected chi connectivity index (χ0v) is 21.3. The van der Waals surface area contributed by atoms with E-state index in [1.165, 1.54) is 19.3 Å². The Morgan fingerprint density at radius 1 is 1.13 bits per heavy atom. The van der Waals surface area contributed by atoms with Gasteiger partial charge >= 0.3 is 0 Å². The van der Waals surface area contributed by atoms with E-state index < -0.39 is 0 Å². The van der Waals surface area contributed by atoms with Crippen LogP contribution in [0.3, 0.4) is 0 Å². The highest BCUT2D eigenvalue weighted by molar-refractivity contribution is 5.69. The summed E-state index contributed by atoms with van der Waals surface area (Å²) in [6, 6.07) is 1.12. The fraction of sp³-hybridized carbons (Fsp3) is 0.792. The second kappa shape index (κ2) is 15.2. The third-order valence-corrected chi connectivity index (χ3v) is 5.89. The summed E-state index contributed by atoms with van der Waals surface area (Å²) in [4.78, 5) is 15.3. The summed E-state index contributed by atoms with van der Waals surface area (Å²) < 4.78 is 0. The van der Waals surface area contributed by atoms with Gasteiger partial charge in [0.2, 0.25) is 5.95 Å². The minimum absolute atomic E-state index is 0.431. The molecule has 1 unspecified atom stereocenters. The Morgan fingerprint density at radius 3 is 2.07 bits per heavy atom. The van der Waals surface area contributed by atoms with Crippen molar-refractivity contribution in [2.75, 3.05) is 25.1 Å². The number of anilines is 2. The maximum absolute atomic E-state index is 5.96. The number of hydrogen-bond donors (Lipinski definition) is 2. The first-order chi connectivity index (χ1) is 14.2. The molecular weight excluding hydrogens is 372 g/mol. The minimum atomic E-state index is 0.431. The number of aryl methyl sites for hydroxylation is 1. The molecule has 1 aromatic heterocycles. The third-order valence-electron chi connectivity index (χ3n) is 5.89. The monoisotopic (exact) mass is 420 g/mol. The van der Waals surface area contributed by atoms with Crippen LogP contribution in [0, 0.1) is 18.8 Å². The van der Waals surface area contributed by atoms with Crippen molar-refractivity contribution in [2.24, 2.45) is 16.8 Å². The highest BCUT2D eigenvalue weighted by Crippen LogP contribution is 2.27. The number of nitrogens with one attached hydrogen (secondary N) is 1. The van der Waals surface area contributed by atoms with Crippen molar-refractivity contribution in [3.63, 3.8) is 0 Å². The van der Waals surface area contributed by atoms with Gasteiger partial charge in [-0.05, 0) is 65.5 Å². The quantitative estimate of drug-likeness (QED) is 0.544. The second-order valence-electron chi connectivity index (χ2n) is 8.50. The second-order valence-corrected chi connectivity index (χ2v) is 8.50. The molecule has 0 spiro atoms. The van der Waals surface area contributed by atoms with Crippen LogP contribution in [0.25, 0.3) is 0 Å². The molecule has 1 aliphatic carbocycles. The maximum atomic E-state index is 5.96. The average Bonchev–Trinajstić information content (AvgIpc) is 2.72. The van der Waals surface area contributed by atoms with Crippen LogP contribution in [0.4, 0.5) is 17.5 Å². The van der Waals surface area contributed by atoms with Gasteiger partial charge in [-0.25, -0.2) is 4.98 Å². The average molecular weight is 421 g/mol. The van der Waals surface area contributed by atoms with E-state index in [9.17, 15) is 0 Å². The molecule has 1 heterocycles. The number of hydrogen-bond acceptors (Lipinski definition) is 6. The van der Waals surface area contributed by atoms with Crippen LogP contribution in [0.15, 0.2) is 4.99 Å². The van der Waals surface area contributed by atoms with E-state index in [0.717, 1.165) is 30.4 Å². The molecule has 3 N–H and O–H groups in total. The number of nitrogens with two attached hydrogens (primary N) is 1. The zero-order valence-electron chi connectivity index (χ0n) is 21.3. The summed E-state index contributed by atoms with van der Waals surface area (Å²) in [6.45, 7) is 16.8. The molecule has 0 bridgehead atoms. The van der Waals surface area contributed by atoms with Crippen LogP contribution in [0.5, 0.6) is 0 Å². The van der Waals surface area contributed by atoms with Gasteiger partial charge in [0.25, 0.3) is 0 Å². The topological polar surface area (TPSA) is 79.4 Å². The first-order valence-corrected chi connectivity index (χ1v) is 11.7. The standard InChI is InChI=1S/C15H26N6.C7H16.C2H6/c1-5-17-13-10(2)18-15(20-14(13)16)19-11-6-8-12(9-7-11)21(3)4;1-5-7(4)6(2)3;1-2/h5,11-12H,6-9H2,1-4H3,(H3,16,18,19,20);6-7H,5H2,1-4H3;1-2H3. The molecule has 0 amide bonds. The third kappa shape index (κ3) is 9.88. The van der Waals surface area contributed by atoms with E-state index in [2.05, 4.69) is 67.0 Å². The summed E-state index contributed by atoms with van der Waals surface area (Å²) >= 11 is 0. The van der Waals surface area contributed by atoms with E-state index in [4.69, 9.17) is 5.73 Å². The predicted molar refractivity (Wildman–Crippen MR) is 134 cm³/mol. The fourth-order valence-electron chi connectivity index (χ4n) is 3.33. The van der Waals surface area contributed by atoms with E-state index in [0.29, 0.717) is 29.5 Å². The van der Waals surface area contributed by atoms with Gasteiger partial charge in [-0.3, -0.25) is 4.99 Å². The molecule has 1 aromatic rings. The number of aliphatic imine (C=N–C) groups is 1. The molecule has 174 valence electrons. The lowest BCUT2D eigenvalue weighted by Gasteiger charge is -2.33. The van der Waals surface area contributed by atoms with Gasteiger partial charge in [0.15, 0.2) is 5.82 Å². The van der Waals surface area contributed by atoms with Gasteiger partial charge < -0.3 is 16.0 Å². The smallest absolute Gasteiger partial charge is 0.225 e. The number of rotatable bonds is 6. The van der Waals surface area contributed by atoms with Crippen molar-refractivity contribution in [2.45, 2.75) is 99.6 Å². The molecule has 0 aliphatic heterocycles. The summed E-state index contributed by atoms with van der Waals surface area (Å²) in [5.41, 5.74) is 7.44. The molecule has 0 radical (unpaired) electrons. The van der Waals surface area contributed by atoms with Crippen molar-refractivity contribution in [3.05, 3.63) is 5.69 Å². The lowest BCUT2D eigenvalue weighted by Crippen LogP contribution is -2.36. The number of nitrogens with zero attached hydrogens (tertiary/aromatic N) is 4. The van der Waals surface area contributed by atoms with Crippen LogP contribution in [-0.4, -0.2) is 47.3 Å². The molecule has 0 saturated heterocycles. The Hall–Kier alpha value is -1.69. The number of nitrogen functional groups attached to an aromatic ring is 1. The van der Waals surface area contributed by atoms with Crippen LogP contribution >= 0.6 is 0 Å². The Labute approximate surface area is 186 Å². The molecule has 1 saturated carbocycles. The zero-order chi connectivity index (χ0) is 23.3. The molecule has 30 heavy (non-hydrogen) atoms. The minimum Gasteiger partial charge on any atom is -0.382 e. The van der Waals surface area contributed by atoms with E-state index >= 15 is 0 Å². The molecule has 6 nitrogen and oxygen atoms in total. The van der Waals surface area contributed by atoms with Crippen LogP contribution in [0.1, 0.15) is 86.3 Å². The van der Waals surface area contributed by atoms with Gasteiger partial charge in [-0.2, -0.15) is 4.98 Å². The predicted octanol–water partition coefficient (Wildman–Crippen LogP) is 6.09. The highest BCUT2D eigenvalue weighted by atomic mass is 15.2. The largest absolute Gasteiger partial charge is 0.382 e. The molecule has 1 atom stereocenters. The van der Waals surface area contributed by atoms with Crippen LogP contribution in [-0.2, 0) is 0 Å². The van der Waals surface area contributed by atoms with E-state index in [1.807, 2.05) is 27.7 Å². The fourth-order valence-corrected chi connectivity index (χ4v) is 3.33. The SMILES string of the molecule is CC.CC=Nc1c(C)nc(NC2CCC(N(C)C)CC2)nc1N.CCC(C)C(C)C. The van der Waals surface area contributed by atoms with Crippen molar-refractivity contribution in [1.82, 2.24) is 14.9 Å². The molecule has 2 rings (SSSR count). The van der Waals surface area contributed by atoms with E-state index in [1.54, 1.807) is 6.21 Å². The van der Waals surface area contributed by atoms with Gasteiger partial charge in [0.05, 0.1) is 5.69 Å². The van der Waals surface area contributed by atoms with Gasteiger partial charge in [0.1, 0.15) is 5.69 Å². The molecule has 6 heteroatoms.